The molecule has 2 rings (SSSR count). The van der Waals surface area contributed by atoms with Gasteiger partial charge in [0.1, 0.15) is 6.04 Å². The number of hydrogen-bond acceptors (Lipinski definition) is 3. The number of aryl methyl sites for hydroxylation is 1. The highest BCUT2D eigenvalue weighted by Gasteiger charge is 2.31. The summed E-state index contributed by atoms with van der Waals surface area (Å²) in [4.78, 5) is 11.9. The minimum Gasteiger partial charge on any atom is -0.330 e. The highest BCUT2D eigenvalue weighted by atomic mass is 16.2. The number of nitrogens with two attached hydrogens (primary N) is 1. The SMILES string of the molecule is Cc1ccc2c(c1C)NC(=O)C2NCCCN. The Kier molecular flexibility index (Phi) is 3.45. The van der Waals surface area contributed by atoms with Crippen molar-refractivity contribution < 1.29 is 4.79 Å². The van der Waals surface area contributed by atoms with E-state index in [1.807, 2.05) is 13.0 Å². The molecule has 1 aliphatic rings. The normalized spacial score (nSPS) is 18.1. The molecule has 0 spiro atoms. The topological polar surface area (TPSA) is 67.2 Å². The van der Waals surface area contributed by atoms with Crippen LogP contribution in [0.1, 0.15) is 29.2 Å². The first-order valence-electron chi connectivity index (χ1n) is 5.99. The molecular formula is C13H19N3O. The van der Waals surface area contributed by atoms with Gasteiger partial charge in [0.25, 0.3) is 0 Å². The van der Waals surface area contributed by atoms with Crippen molar-refractivity contribution in [1.29, 1.82) is 0 Å². The maximum Gasteiger partial charge on any atom is 0.246 e. The van der Waals surface area contributed by atoms with Gasteiger partial charge in [-0.05, 0) is 44.5 Å². The van der Waals surface area contributed by atoms with Gasteiger partial charge in [0.15, 0.2) is 0 Å². The first kappa shape index (κ1) is 12.1. The molecule has 4 nitrogen and oxygen atoms in total. The smallest absolute Gasteiger partial charge is 0.246 e. The van der Waals surface area contributed by atoms with Crippen LogP contribution in [0.25, 0.3) is 0 Å². The number of benzene rings is 1. The summed E-state index contributed by atoms with van der Waals surface area (Å²) in [6, 6.07) is 3.86. The molecule has 1 unspecified atom stereocenters. The second kappa shape index (κ2) is 4.85. The Labute approximate surface area is 102 Å². The van der Waals surface area contributed by atoms with E-state index in [-0.39, 0.29) is 11.9 Å². The van der Waals surface area contributed by atoms with E-state index < -0.39 is 0 Å². The number of hydrogen-bond donors (Lipinski definition) is 3. The second-order valence-electron chi connectivity index (χ2n) is 4.49. The largest absolute Gasteiger partial charge is 0.330 e. The molecule has 0 aliphatic carbocycles. The molecule has 17 heavy (non-hydrogen) atoms. The van der Waals surface area contributed by atoms with Crippen LogP contribution in [0, 0.1) is 13.8 Å². The Balaban J connectivity index is 2.22. The van der Waals surface area contributed by atoms with Gasteiger partial charge in [0, 0.05) is 11.3 Å². The van der Waals surface area contributed by atoms with Gasteiger partial charge in [-0.15, -0.1) is 0 Å². The van der Waals surface area contributed by atoms with Crippen molar-refractivity contribution in [3.05, 3.63) is 28.8 Å². The molecular weight excluding hydrogens is 214 g/mol. The number of rotatable bonds is 4. The summed E-state index contributed by atoms with van der Waals surface area (Å²) in [5.41, 5.74) is 9.82. The van der Waals surface area contributed by atoms with Crippen molar-refractivity contribution >= 4 is 11.6 Å². The summed E-state index contributed by atoms with van der Waals surface area (Å²) in [6.45, 7) is 5.50. The highest BCUT2D eigenvalue weighted by molar-refractivity contribution is 6.03. The Hall–Kier alpha value is -1.39. The van der Waals surface area contributed by atoms with E-state index in [2.05, 4.69) is 23.6 Å². The summed E-state index contributed by atoms with van der Waals surface area (Å²) < 4.78 is 0. The van der Waals surface area contributed by atoms with E-state index in [9.17, 15) is 4.79 Å². The maximum absolute atomic E-state index is 11.9. The van der Waals surface area contributed by atoms with Crippen molar-refractivity contribution in [2.75, 3.05) is 18.4 Å². The van der Waals surface area contributed by atoms with Crippen LogP contribution in [0.15, 0.2) is 12.1 Å². The fraction of sp³-hybridized carbons (Fsp3) is 0.462. The third kappa shape index (κ3) is 2.18. The molecule has 0 saturated carbocycles. The number of amides is 1. The molecule has 1 aromatic rings. The minimum atomic E-state index is -0.226. The van der Waals surface area contributed by atoms with Crippen molar-refractivity contribution in [2.24, 2.45) is 5.73 Å². The second-order valence-corrected chi connectivity index (χ2v) is 4.49. The number of nitrogens with one attached hydrogen (secondary N) is 2. The van der Waals surface area contributed by atoms with Gasteiger partial charge in [-0.25, -0.2) is 0 Å². The highest BCUT2D eigenvalue weighted by Crippen LogP contribution is 2.34. The molecule has 0 saturated heterocycles. The third-order valence-electron chi connectivity index (χ3n) is 3.32. The molecule has 1 aromatic carbocycles. The summed E-state index contributed by atoms with van der Waals surface area (Å²) >= 11 is 0. The number of carbonyl (C=O) groups excluding carboxylic acids is 1. The van der Waals surface area contributed by atoms with Crippen molar-refractivity contribution in [3.8, 4) is 0 Å². The van der Waals surface area contributed by atoms with Gasteiger partial charge in [0.2, 0.25) is 5.91 Å². The average molecular weight is 233 g/mol. The lowest BCUT2D eigenvalue weighted by molar-refractivity contribution is -0.117. The van der Waals surface area contributed by atoms with Crippen LogP contribution in [-0.4, -0.2) is 19.0 Å². The zero-order valence-electron chi connectivity index (χ0n) is 10.3. The quantitative estimate of drug-likeness (QED) is 0.685. The lowest BCUT2D eigenvalue weighted by Crippen LogP contribution is -2.29. The number of fused-ring (bicyclic) bond motifs is 1. The Morgan fingerprint density at radius 2 is 2.18 bits per heavy atom. The fourth-order valence-corrected chi connectivity index (χ4v) is 2.13. The molecule has 0 bridgehead atoms. The van der Waals surface area contributed by atoms with E-state index in [0.717, 1.165) is 29.8 Å². The van der Waals surface area contributed by atoms with Gasteiger partial charge >= 0.3 is 0 Å². The van der Waals surface area contributed by atoms with Crippen LogP contribution < -0.4 is 16.4 Å². The van der Waals surface area contributed by atoms with Crippen LogP contribution in [0.2, 0.25) is 0 Å². The van der Waals surface area contributed by atoms with Crippen LogP contribution in [0.5, 0.6) is 0 Å². The van der Waals surface area contributed by atoms with Crippen molar-refractivity contribution in [1.82, 2.24) is 5.32 Å². The summed E-state index contributed by atoms with van der Waals surface area (Å²) in [5.74, 6) is 0.0331. The van der Waals surface area contributed by atoms with E-state index in [1.165, 1.54) is 5.56 Å². The van der Waals surface area contributed by atoms with Gasteiger partial charge in [0.05, 0.1) is 0 Å². The third-order valence-corrected chi connectivity index (χ3v) is 3.32. The van der Waals surface area contributed by atoms with Crippen LogP contribution in [0.3, 0.4) is 0 Å². The molecule has 1 amide bonds. The van der Waals surface area contributed by atoms with Crippen molar-refractivity contribution in [2.45, 2.75) is 26.3 Å². The molecule has 0 fully saturated rings. The predicted octanol–water partition coefficient (Wildman–Crippen LogP) is 1.24. The monoisotopic (exact) mass is 233 g/mol. The summed E-state index contributed by atoms with van der Waals surface area (Å²) in [6.07, 6.45) is 0.879. The van der Waals surface area contributed by atoms with Gasteiger partial charge in [-0.3, -0.25) is 4.79 Å². The van der Waals surface area contributed by atoms with E-state index in [1.54, 1.807) is 0 Å². The average Bonchev–Trinajstić information content (AvgIpc) is 2.62. The fourth-order valence-electron chi connectivity index (χ4n) is 2.13. The standard InChI is InChI=1S/C13H19N3O/c1-8-4-5-10-11(9(8)2)16-13(17)12(10)15-7-3-6-14/h4-5,12,15H,3,6-7,14H2,1-2H3,(H,16,17). The molecule has 1 heterocycles. The lowest BCUT2D eigenvalue weighted by atomic mass is 10.0. The predicted molar refractivity (Wildman–Crippen MR) is 69.0 cm³/mol. The van der Waals surface area contributed by atoms with Crippen molar-refractivity contribution in [3.63, 3.8) is 0 Å². The first-order valence-corrected chi connectivity index (χ1v) is 5.99. The van der Waals surface area contributed by atoms with E-state index in [0.29, 0.717) is 6.54 Å². The van der Waals surface area contributed by atoms with Crippen LogP contribution in [-0.2, 0) is 4.79 Å². The van der Waals surface area contributed by atoms with E-state index in [4.69, 9.17) is 5.73 Å². The molecule has 1 atom stereocenters. The summed E-state index contributed by atoms with van der Waals surface area (Å²) in [7, 11) is 0. The molecule has 92 valence electrons. The van der Waals surface area contributed by atoms with E-state index >= 15 is 0 Å². The number of anilines is 1. The Morgan fingerprint density at radius 3 is 2.88 bits per heavy atom. The molecule has 1 aliphatic heterocycles. The Morgan fingerprint density at radius 1 is 1.41 bits per heavy atom. The van der Waals surface area contributed by atoms with Gasteiger partial charge in [-0.1, -0.05) is 12.1 Å². The van der Waals surface area contributed by atoms with Gasteiger partial charge in [-0.2, -0.15) is 0 Å². The molecule has 4 heteroatoms. The zero-order valence-corrected chi connectivity index (χ0v) is 10.3. The molecule has 0 radical (unpaired) electrons. The number of carbonyl (C=O) groups is 1. The summed E-state index contributed by atoms with van der Waals surface area (Å²) in [5, 5.41) is 6.19. The lowest BCUT2D eigenvalue weighted by Gasteiger charge is -2.11. The van der Waals surface area contributed by atoms with Gasteiger partial charge < -0.3 is 16.4 Å². The molecule has 4 N–H and O–H groups in total. The maximum atomic E-state index is 11.9. The Bertz CT molecular complexity index is 443. The van der Waals surface area contributed by atoms with Crippen LogP contribution >= 0.6 is 0 Å². The minimum absolute atomic E-state index is 0.0331. The first-order chi connectivity index (χ1) is 8.15. The molecule has 0 aromatic heterocycles. The van der Waals surface area contributed by atoms with Crippen LogP contribution in [0.4, 0.5) is 5.69 Å². The zero-order chi connectivity index (χ0) is 12.4.